The first-order valence-corrected chi connectivity index (χ1v) is 6.53. The third-order valence-electron chi connectivity index (χ3n) is 3.36. The van der Waals surface area contributed by atoms with E-state index >= 15 is 0 Å². The van der Waals surface area contributed by atoms with Gasteiger partial charge in [0.1, 0.15) is 5.15 Å². The highest BCUT2D eigenvalue weighted by Gasteiger charge is 2.20. The van der Waals surface area contributed by atoms with Crippen LogP contribution in [0, 0.1) is 0 Å². The van der Waals surface area contributed by atoms with Crippen molar-refractivity contribution in [2.24, 2.45) is 0 Å². The molecule has 2 heterocycles. The van der Waals surface area contributed by atoms with Crippen molar-refractivity contribution in [2.45, 2.75) is 45.2 Å². The largest absolute Gasteiger partial charge is 0.295 e. The van der Waals surface area contributed by atoms with Gasteiger partial charge >= 0.3 is 0 Å². The number of hydrogen-bond acceptors (Lipinski definition) is 2. The maximum absolute atomic E-state index is 5.90. The summed E-state index contributed by atoms with van der Waals surface area (Å²) in [5.41, 5.74) is 1.09. The van der Waals surface area contributed by atoms with Crippen molar-refractivity contribution in [3.63, 3.8) is 0 Å². The molecule has 0 aliphatic carbocycles. The minimum absolute atomic E-state index is 0.600. The molecule has 0 bridgehead atoms. The lowest BCUT2D eigenvalue weighted by Crippen LogP contribution is -2.38. The molecule has 1 saturated heterocycles. The Bertz CT molecular complexity index is 340. The fraction of sp³-hybridized carbons (Fsp3) is 0.615. The van der Waals surface area contributed by atoms with Crippen molar-refractivity contribution in [3.8, 4) is 0 Å². The number of aromatic nitrogens is 1. The topological polar surface area (TPSA) is 16.1 Å². The second-order valence-corrected chi connectivity index (χ2v) is 4.87. The van der Waals surface area contributed by atoms with Crippen LogP contribution in [0.5, 0.6) is 0 Å². The Morgan fingerprint density at radius 3 is 3.06 bits per heavy atom. The molecule has 2 nitrogen and oxygen atoms in total. The molecule has 0 aromatic carbocycles. The third-order valence-corrected chi connectivity index (χ3v) is 3.57. The van der Waals surface area contributed by atoms with Gasteiger partial charge in [-0.25, -0.2) is 4.98 Å². The van der Waals surface area contributed by atoms with E-state index in [2.05, 4.69) is 22.9 Å². The number of nitrogens with zero attached hydrogens (tertiary/aromatic N) is 2. The van der Waals surface area contributed by atoms with E-state index in [1.54, 1.807) is 0 Å². The molecule has 88 valence electrons. The Balaban J connectivity index is 2.02. The van der Waals surface area contributed by atoms with Crippen LogP contribution in [-0.4, -0.2) is 22.5 Å². The first kappa shape index (κ1) is 11.9. The minimum Gasteiger partial charge on any atom is -0.295 e. The summed E-state index contributed by atoms with van der Waals surface area (Å²) in [6.45, 7) is 4.42. The Morgan fingerprint density at radius 2 is 2.31 bits per heavy atom. The molecule has 2 rings (SSSR count). The summed E-state index contributed by atoms with van der Waals surface area (Å²) in [6, 6.07) is 6.61. The van der Waals surface area contributed by atoms with E-state index in [1.807, 2.05) is 12.1 Å². The lowest BCUT2D eigenvalue weighted by molar-refractivity contribution is 0.134. The van der Waals surface area contributed by atoms with Crippen LogP contribution in [0.2, 0.25) is 5.15 Å². The van der Waals surface area contributed by atoms with Crippen molar-refractivity contribution in [2.75, 3.05) is 6.54 Å². The van der Waals surface area contributed by atoms with Crippen molar-refractivity contribution in [1.29, 1.82) is 0 Å². The summed E-state index contributed by atoms with van der Waals surface area (Å²) in [6.07, 6.45) is 5.26. The number of piperidine rings is 1. The second-order valence-electron chi connectivity index (χ2n) is 4.48. The van der Waals surface area contributed by atoms with E-state index in [9.17, 15) is 0 Å². The van der Waals surface area contributed by atoms with Gasteiger partial charge in [-0.05, 0) is 37.9 Å². The van der Waals surface area contributed by atoms with Gasteiger partial charge in [0.05, 0.1) is 5.69 Å². The predicted molar refractivity (Wildman–Crippen MR) is 67.6 cm³/mol. The van der Waals surface area contributed by atoms with Crippen LogP contribution in [0.4, 0.5) is 0 Å². The van der Waals surface area contributed by atoms with Gasteiger partial charge in [0.15, 0.2) is 0 Å². The molecular formula is C13H19ClN2. The van der Waals surface area contributed by atoms with Crippen LogP contribution in [-0.2, 0) is 6.54 Å². The standard InChI is InChI=1S/C13H19ClN2/c1-2-12-7-3-4-9-16(12)10-11-6-5-8-13(14)15-11/h5-6,8,12H,2-4,7,9-10H2,1H3. The number of pyridine rings is 1. The highest BCUT2D eigenvalue weighted by atomic mass is 35.5. The molecule has 16 heavy (non-hydrogen) atoms. The molecule has 0 spiro atoms. The number of likely N-dealkylation sites (tertiary alicyclic amines) is 1. The molecule has 1 aliphatic rings. The van der Waals surface area contributed by atoms with Crippen molar-refractivity contribution in [3.05, 3.63) is 29.0 Å². The smallest absolute Gasteiger partial charge is 0.129 e. The molecule has 0 radical (unpaired) electrons. The molecule has 0 N–H and O–H groups in total. The molecule has 1 unspecified atom stereocenters. The third kappa shape index (κ3) is 2.96. The van der Waals surface area contributed by atoms with Gasteiger partial charge in [-0.15, -0.1) is 0 Å². The number of hydrogen-bond donors (Lipinski definition) is 0. The normalized spacial score (nSPS) is 22.2. The van der Waals surface area contributed by atoms with Crippen LogP contribution in [0.3, 0.4) is 0 Å². The first-order valence-electron chi connectivity index (χ1n) is 6.15. The van der Waals surface area contributed by atoms with Gasteiger partial charge in [-0.3, -0.25) is 4.90 Å². The molecule has 1 atom stereocenters. The van der Waals surface area contributed by atoms with E-state index in [-0.39, 0.29) is 0 Å². The number of halogens is 1. The fourth-order valence-electron chi connectivity index (χ4n) is 2.48. The molecular weight excluding hydrogens is 220 g/mol. The van der Waals surface area contributed by atoms with Gasteiger partial charge in [0, 0.05) is 12.6 Å². The Hall–Kier alpha value is -0.600. The Kier molecular flexibility index (Phi) is 4.19. The van der Waals surface area contributed by atoms with E-state index in [1.165, 1.54) is 32.2 Å². The van der Waals surface area contributed by atoms with Crippen molar-refractivity contribution in [1.82, 2.24) is 9.88 Å². The van der Waals surface area contributed by atoms with Crippen LogP contribution in [0.15, 0.2) is 18.2 Å². The van der Waals surface area contributed by atoms with Crippen LogP contribution in [0.1, 0.15) is 38.3 Å². The first-order chi connectivity index (χ1) is 7.79. The summed E-state index contributed by atoms with van der Waals surface area (Å²) in [4.78, 5) is 6.90. The molecule has 1 aliphatic heterocycles. The van der Waals surface area contributed by atoms with Crippen molar-refractivity contribution >= 4 is 11.6 Å². The van der Waals surface area contributed by atoms with Crippen molar-refractivity contribution < 1.29 is 0 Å². The van der Waals surface area contributed by atoms with Gasteiger partial charge in [0.2, 0.25) is 0 Å². The molecule has 1 fully saturated rings. The lowest BCUT2D eigenvalue weighted by atomic mass is 10.00. The van der Waals surface area contributed by atoms with E-state index < -0.39 is 0 Å². The maximum atomic E-state index is 5.90. The monoisotopic (exact) mass is 238 g/mol. The average molecular weight is 239 g/mol. The predicted octanol–water partition coefficient (Wildman–Crippen LogP) is 3.50. The van der Waals surface area contributed by atoms with E-state index in [4.69, 9.17) is 11.6 Å². The fourth-order valence-corrected chi connectivity index (χ4v) is 2.66. The highest BCUT2D eigenvalue weighted by Crippen LogP contribution is 2.21. The number of rotatable bonds is 3. The van der Waals surface area contributed by atoms with E-state index in [0.29, 0.717) is 5.15 Å². The van der Waals surface area contributed by atoms with Gasteiger partial charge < -0.3 is 0 Å². The molecule has 3 heteroatoms. The SMILES string of the molecule is CCC1CCCCN1Cc1cccc(Cl)n1. The van der Waals surface area contributed by atoms with Gasteiger partial charge in [0.25, 0.3) is 0 Å². The van der Waals surface area contributed by atoms with Gasteiger partial charge in [-0.1, -0.05) is 31.0 Å². The maximum Gasteiger partial charge on any atom is 0.129 e. The highest BCUT2D eigenvalue weighted by molar-refractivity contribution is 6.29. The van der Waals surface area contributed by atoms with Crippen LogP contribution >= 0.6 is 11.6 Å². The molecule has 1 aromatic heterocycles. The Morgan fingerprint density at radius 1 is 1.44 bits per heavy atom. The zero-order chi connectivity index (χ0) is 11.4. The average Bonchev–Trinajstić information content (AvgIpc) is 2.30. The summed E-state index contributed by atoms with van der Waals surface area (Å²) in [5.74, 6) is 0. The lowest BCUT2D eigenvalue weighted by Gasteiger charge is -2.34. The summed E-state index contributed by atoms with van der Waals surface area (Å²) in [5, 5.41) is 0.600. The zero-order valence-electron chi connectivity index (χ0n) is 9.82. The Labute approximate surface area is 103 Å². The van der Waals surface area contributed by atoms with Crippen LogP contribution < -0.4 is 0 Å². The summed E-state index contributed by atoms with van der Waals surface area (Å²) < 4.78 is 0. The molecule has 0 amide bonds. The zero-order valence-corrected chi connectivity index (χ0v) is 10.6. The summed E-state index contributed by atoms with van der Waals surface area (Å²) >= 11 is 5.90. The summed E-state index contributed by atoms with van der Waals surface area (Å²) in [7, 11) is 0. The second kappa shape index (κ2) is 5.65. The minimum atomic E-state index is 0.600. The van der Waals surface area contributed by atoms with Gasteiger partial charge in [-0.2, -0.15) is 0 Å². The quantitative estimate of drug-likeness (QED) is 0.750. The molecule has 1 aromatic rings. The molecule has 0 saturated carbocycles. The van der Waals surface area contributed by atoms with E-state index in [0.717, 1.165) is 18.3 Å². The van der Waals surface area contributed by atoms with Crippen LogP contribution in [0.25, 0.3) is 0 Å².